The van der Waals surface area contributed by atoms with Crippen LogP contribution in [-0.2, 0) is 50.1 Å². The molecule has 0 unspecified atom stereocenters. The number of aromatic nitrogens is 2. The number of unbranched alkanes of at least 4 members (excludes halogenated alkanes) is 2. The predicted molar refractivity (Wildman–Crippen MR) is 190 cm³/mol. The Labute approximate surface area is 320 Å². The summed E-state index contributed by atoms with van der Waals surface area (Å²) >= 11 is 0. The minimum absolute atomic E-state index is 0.00945. The van der Waals surface area contributed by atoms with E-state index in [0.29, 0.717) is 49.0 Å². The summed E-state index contributed by atoms with van der Waals surface area (Å²) in [6, 6.07) is 0. The molecule has 0 aliphatic carbocycles. The molecule has 0 bridgehead atoms. The Kier molecular flexibility index (Phi) is 18.8. The van der Waals surface area contributed by atoms with Crippen LogP contribution in [0, 0.1) is 23.3 Å². The van der Waals surface area contributed by atoms with E-state index in [0.717, 1.165) is 25.7 Å². The Bertz CT molecular complexity index is 1810. The molecule has 312 valence electrons. The fourth-order valence-corrected chi connectivity index (χ4v) is 5.73. The molecule has 1 aliphatic heterocycles. The van der Waals surface area contributed by atoms with Gasteiger partial charge in [0.25, 0.3) is 5.91 Å². The third-order valence-electron chi connectivity index (χ3n) is 7.71. The lowest BCUT2D eigenvalue weighted by molar-refractivity contribution is -0.180. The standard InChI is InChI=1S/C34H46F4N6O11S/c1-3-11-44(54-4-2)34(47)22-19-24-23(42-25(39)20-22)21-41-43(24)12-7-5-6-10-40-26(45)8-13-51-15-17-53-18-16-52-14-9-27(46)55-32-28(35)30(37)33(56(48,49)50)31(38)29(32)36/h19,21H,3-18,20H2,1-2H3,(H2,39,42)(H,40,45)(H,48,49,50). The molecule has 2 aromatic rings. The lowest BCUT2D eigenvalue weighted by Gasteiger charge is -2.21. The van der Waals surface area contributed by atoms with Gasteiger partial charge in [0.05, 0.1) is 64.6 Å². The second-order valence-corrected chi connectivity index (χ2v) is 13.4. The lowest BCUT2D eigenvalue weighted by atomic mass is 10.1. The van der Waals surface area contributed by atoms with E-state index in [1.807, 2.05) is 13.8 Å². The van der Waals surface area contributed by atoms with Crippen molar-refractivity contribution in [1.82, 2.24) is 20.2 Å². The smallest absolute Gasteiger partial charge is 0.313 e. The molecule has 1 aromatic carbocycles. The van der Waals surface area contributed by atoms with E-state index in [4.69, 9.17) is 29.3 Å². The molecule has 4 N–H and O–H groups in total. The van der Waals surface area contributed by atoms with Gasteiger partial charge in [-0.25, -0.2) is 18.8 Å². The molecule has 2 amide bonds. The van der Waals surface area contributed by atoms with Gasteiger partial charge in [-0.2, -0.15) is 22.3 Å². The van der Waals surface area contributed by atoms with E-state index < -0.39 is 56.4 Å². The number of halogens is 4. The zero-order valence-corrected chi connectivity index (χ0v) is 31.8. The highest BCUT2D eigenvalue weighted by Crippen LogP contribution is 2.33. The Morgan fingerprint density at radius 3 is 2.16 bits per heavy atom. The van der Waals surface area contributed by atoms with Crippen LogP contribution in [0.1, 0.15) is 64.5 Å². The molecule has 0 fully saturated rings. The van der Waals surface area contributed by atoms with E-state index in [-0.39, 0.29) is 64.3 Å². The first-order valence-corrected chi connectivity index (χ1v) is 19.2. The predicted octanol–water partition coefficient (Wildman–Crippen LogP) is 3.37. The summed E-state index contributed by atoms with van der Waals surface area (Å²) < 4.78 is 108. The number of fused-ring (bicyclic) bond motifs is 1. The summed E-state index contributed by atoms with van der Waals surface area (Å²) in [6.45, 7) is 5.90. The SMILES string of the molecule is CCCN(OCC)C(=O)C1=Cc2c(cnn2CCCCCNC(=O)CCOCCOCCOCCC(=O)Oc2c(F)c(F)c(S(=O)(=O)O)c(F)c2F)N=C(N)C1. The first kappa shape index (κ1) is 45.9. The van der Waals surface area contributed by atoms with Crippen LogP contribution in [-0.4, -0.2) is 111 Å². The number of amidine groups is 1. The molecule has 1 aliphatic rings. The number of benzene rings is 1. The number of nitrogens with one attached hydrogen (secondary N) is 1. The number of ether oxygens (including phenoxy) is 4. The van der Waals surface area contributed by atoms with E-state index in [1.165, 1.54) is 5.06 Å². The fraction of sp³-hybridized carbons (Fsp3) is 0.559. The monoisotopic (exact) mass is 822 g/mol. The maximum atomic E-state index is 14.0. The van der Waals surface area contributed by atoms with Gasteiger partial charge in [-0.15, -0.1) is 0 Å². The Hall–Kier alpha value is -4.48. The summed E-state index contributed by atoms with van der Waals surface area (Å²) in [6.07, 6.45) is 6.19. The van der Waals surface area contributed by atoms with Gasteiger partial charge in [0.2, 0.25) is 23.3 Å². The van der Waals surface area contributed by atoms with Gasteiger partial charge in [0.1, 0.15) is 11.5 Å². The third kappa shape index (κ3) is 13.9. The third-order valence-corrected chi connectivity index (χ3v) is 8.59. The number of hydrogen-bond donors (Lipinski definition) is 3. The largest absolute Gasteiger partial charge is 0.420 e. The van der Waals surface area contributed by atoms with E-state index in [1.54, 1.807) is 17.0 Å². The molecule has 17 nitrogen and oxygen atoms in total. The normalized spacial score (nSPS) is 12.8. The number of hydroxylamine groups is 2. The number of amides is 2. The molecule has 0 radical (unpaired) electrons. The van der Waals surface area contributed by atoms with Gasteiger partial charge in [-0.3, -0.25) is 28.5 Å². The number of esters is 1. The van der Waals surface area contributed by atoms with Crippen LogP contribution in [0.4, 0.5) is 23.2 Å². The highest BCUT2D eigenvalue weighted by atomic mass is 32.2. The minimum Gasteiger partial charge on any atom is -0.420 e. The van der Waals surface area contributed by atoms with Gasteiger partial charge in [0.15, 0.2) is 16.5 Å². The molecule has 0 spiro atoms. The van der Waals surface area contributed by atoms with E-state index >= 15 is 0 Å². The molecule has 56 heavy (non-hydrogen) atoms. The summed E-state index contributed by atoms with van der Waals surface area (Å²) in [5.74, 6) is -12.8. The number of nitrogens with zero attached hydrogens (tertiary/aromatic N) is 4. The van der Waals surface area contributed by atoms with Crippen molar-refractivity contribution in [2.45, 2.75) is 70.2 Å². The fourth-order valence-electron chi connectivity index (χ4n) is 5.10. The van der Waals surface area contributed by atoms with Gasteiger partial charge in [0, 0.05) is 38.0 Å². The molecule has 1 aromatic heterocycles. The van der Waals surface area contributed by atoms with Gasteiger partial charge in [-0.1, -0.05) is 6.92 Å². The van der Waals surface area contributed by atoms with Crippen molar-refractivity contribution in [1.29, 1.82) is 0 Å². The maximum Gasteiger partial charge on any atom is 0.313 e. The van der Waals surface area contributed by atoms with Crippen molar-refractivity contribution in [3.8, 4) is 5.75 Å². The summed E-state index contributed by atoms with van der Waals surface area (Å²) in [5.41, 5.74) is 7.84. The minimum atomic E-state index is -5.65. The first-order valence-electron chi connectivity index (χ1n) is 17.8. The molecule has 2 heterocycles. The second-order valence-electron chi connectivity index (χ2n) is 12.0. The summed E-state index contributed by atoms with van der Waals surface area (Å²) in [7, 11) is -5.65. The highest BCUT2D eigenvalue weighted by molar-refractivity contribution is 7.85. The zero-order chi connectivity index (χ0) is 41.3. The van der Waals surface area contributed by atoms with Crippen LogP contribution in [0.25, 0.3) is 6.08 Å². The molecule has 22 heteroatoms. The Morgan fingerprint density at radius 2 is 1.55 bits per heavy atom. The summed E-state index contributed by atoms with van der Waals surface area (Å²) in [4.78, 5) is 44.8. The topological polar surface area (TPSA) is 223 Å². The van der Waals surface area contributed by atoms with Crippen LogP contribution in [0.2, 0.25) is 0 Å². The van der Waals surface area contributed by atoms with Crippen LogP contribution < -0.4 is 15.8 Å². The Morgan fingerprint density at radius 1 is 0.929 bits per heavy atom. The van der Waals surface area contributed by atoms with Crippen LogP contribution in [0.15, 0.2) is 21.7 Å². The van der Waals surface area contributed by atoms with Gasteiger partial charge >= 0.3 is 16.1 Å². The van der Waals surface area contributed by atoms with Crippen molar-refractivity contribution in [2.75, 3.05) is 59.3 Å². The van der Waals surface area contributed by atoms with E-state index in [2.05, 4.69) is 20.1 Å². The average Bonchev–Trinajstić information content (AvgIpc) is 3.42. The Balaban J connectivity index is 1.22. The first-order chi connectivity index (χ1) is 26.7. The van der Waals surface area contributed by atoms with Crippen molar-refractivity contribution in [2.24, 2.45) is 10.7 Å². The van der Waals surface area contributed by atoms with Crippen molar-refractivity contribution in [3.05, 3.63) is 40.7 Å². The highest BCUT2D eigenvalue weighted by Gasteiger charge is 2.34. The molecule has 0 saturated carbocycles. The maximum absolute atomic E-state index is 14.0. The second kappa shape index (κ2) is 22.9. The number of rotatable bonds is 25. The molecule has 0 atom stereocenters. The number of aliphatic imine (C=N–C) groups is 1. The number of aryl methyl sites for hydroxylation is 1. The molecule has 3 rings (SSSR count). The van der Waals surface area contributed by atoms with Gasteiger partial charge < -0.3 is 30.0 Å². The van der Waals surface area contributed by atoms with Crippen molar-refractivity contribution >= 4 is 45.5 Å². The number of hydrogen-bond acceptors (Lipinski definition) is 13. The van der Waals surface area contributed by atoms with E-state index in [9.17, 15) is 40.4 Å². The van der Waals surface area contributed by atoms with Crippen molar-refractivity contribution in [3.63, 3.8) is 0 Å². The quantitative estimate of drug-likeness (QED) is 0.0249. The van der Waals surface area contributed by atoms with Crippen LogP contribution >= 0.6 is 0 Å². The van der Waals surface area contributed by atoms with Crippen LogP contribution in [0.3, 0.4) is 0 Å². The molecule has 0 saturated heterocycles. The van der Waals surface area contributed by atoms with Gasteiger partial charge in [-0.05, 0) is 38.7 Å². The number of carbonyl (C=O) groups is 3. The average molecular weight is 823 g/mol. The zero-order valence-electron chi connectivity index (χ0n) is 31.0. The lowest BCUT2D eigenvalue weighted by Crippen LogP contribution is -2.34. The molecular formula is C34H46F4N6O11S. The molecular weight excluding hydrogens is 776 g/mol. The van der Waals surface area contributed by atoms with Crippen LogP contribution in [0.5, 0.6) is 5.75 Å². The number of nitrogens with two attached hydrogens (primary N) is 1. The number of carbonyl (C=O) groups excluding carboxylic acids is 3. The summed E-state index contributed by atoms with van der Waals surface area (Å²) in [5, 5.41) is 8.61. The van der Waals surface area contributed by atoms with Crippen molar-refractivity contribution < 1.29 is 68.7 Å².